The zero-order chi connectivity index (χ0) is 23.6. The molecule has 0 aromatic heterocycles. The Morgan fingerprint density at radius 3 is 1.71 bits per heavy atom. The van der Waals surface area contributed by atoms with Gasteiger partial charge in [0.05, 0.1) is 12.0 Å². The van der Waals surface area contributed by atoms with Gasteiger partial charge in [-0.25, -0.2) is 0 Å². The maximum atomic E-state index is 11.2. The Labute approximate surface area is 200 Å². The molecule has 0 aliphatic heterocycles. The highest BCUT2D eigenvalue weighted by Gasteiger charge is 2.25. The molecule has 0 amide bonds. The van der Waals surface area contributed by atoms with E-state index in [9.17, 15) is 10.1 Å². The van der Waals surface area contributed by atoms with E-state index in [0.717, 1.165) is 28.9 Å². The van der Waals surface area contributed by atoms with Crippen molar-refractivity contribution in [2.75, 3.05) is 0 Å². The van der Waals surface area contributed by atoms with Crippen LogP contribution in [0.25, 0.3) is 0 Å². The quantitative estimate of drug-likeness (QED) is 0.234. The molecule has 0 aliphatic carbocycles. The van der Waals surface area contributed by atoms with E-state index in [1.807, 2.05) is 109 Å². The fraction of sp³-hybridized carbons (Fsp3) is 0.133. The number of carbonyl (C=O) groups excluding carboxylic acids is 1. The average Bonchev–Trinajstić information content (AvgIpc) is 2.88. The lowest BCUT2D eigenvalue weighted by molar-refractivity contribution is -0.108. The lowest BCUT2D eigenvalue weighted by Crippen LogP contribution is -2.11. The highest BCUT2D eigenvalue weighted by atomic mass is 16.5. The molecule has 2 unspecified atom stereocenters. The van der Waals surface area contributed by atoms with Crippen LogP contribution in [0.4, 0.5) is 0 Å². The number of hydrogen-bond donors (Lipinski definition) is 0. The van der Waals surface area contributed by atoms with Crippen LogP contribution in [-0.4, -0.2) is 6.29 Å². The van der Waals surface area contributed by atoms with E-state index >= 15 is 0 Å². The summed E-state index contributed by atoms with van der Waals surface area (Å²) in [5.74, 6) is 2.20. The number of carbonyl (C=O) groups is 1. The van der Waals surface area contributed by atoms with E-state index < -0.39 is 5.92 Å². The summed E-state index contributed by atoms with van der Waals surface area (Å²) < 4.78 is 12.0. The summed E-state index contributed by atoms with van der Waals surface area (Å²) in [6, 6.07) is 36.9. The molecule has 4 nitrogen and oxygen atoms in total. The minimum absolute atomic E-state index is 0.179. The zero-order valence-electron chi connectivity index (χ0n) is 18.7. The van der Waals surface area contributed by atoms with E-state index in [2.05, 4.69) is 6.07 Å². The molecule has 0 heterocycles. The Kier molecular flexibility index (Phi) is 7.71. The molecule has 4 heteroatoms. The molecule has 168 valence electrons. The number of para-hydroxylation sites is 2. The van der Waals surface area contributed by atoms with E-state index in [1.165, 1.54) is 0 Å². The third kappa shape index (κ3) is 5.90. The molecule has 0 spiro atoms. The van der Waals surface area contributed by atoms with Crippen LogP contribution < -0.4 is 9.47 Å². The van der Waals surface area contributed by atoms with Crippen molar-refractivity contribution >= 4 is 6.29 Å². The third-order valence-corrected chi connectivity index (χ3v) is 5.60. The van der Waals surface area contributed by atoms with Gasteiger partial charge in [-0.2, -0.15) is 5.26 Å². The standard InChI is InChI=1S/C30H25NO3/c31-22-30(24-11-8-17-28(21-24)34-26-14-5-2-6-15-26)29(18-9-19-32)23-10-7-16-27(20-23)33-25-12-3-1-4-13-25/h1-8,10-17,19-21,29-30H,9,18H2. The summed E-state index contributed by atoms with van der Waals surface area (Å²) >= 11 is 0. The normalized spacial score (nSPS) is 12.2. The smallest absolute Gasteiger partial charge is 0.127 e. The largest absolute Gasteiger partial charge is 0.457 e. The van der Waals surface area contributed by atoms with Gasteiger partial charge in [0, 0.05) is 12.3 Å². The molecule has 0 saturated heterocycles. The number of rotatable bonds is 10. The second kappa shape index (κ2) is 11.5. The minimum Gasteiger partial charge on any atom is -0.457 e. The van der Waals surface area contributed by atoms with Gasteiger partial charge in [0.15, 0.2) is 0 Å². The first-order valence-electron chi connectivity index (χ1n) is 11.3. The second-order valence-electron chi connectivity index (χ2n) is 7.93. The Balaban J connectivity index is 1.62. The Morgan fingerprint density at radius 1 is 0.676 bits per heavy atom. The van der Waals surface area contributed by atoms with Gasteiger partial charge in [-0.1, -0.05) is 60.7 Å². The number of nitrogens with zero attached hydrogens (tertiary/aromatic N) is 1. The Hall–Kier alpha value is -4.36. The van der Waals surface area contributed by atoms with Crippen molar-refractivity contribution < 1.29 is 14.3 Å². The molecule has 34 heavy (non-hydrogen) atoms. The Bertz CT molecular complexity index is 1250. The number of hydrogen-bond acceptors (Lipinski definition) is 4. The van der Waals surface area contributed by atoms with Crippen LogP contribution in [0.1, 0.15) is 35.8 Å². The molecule has 4 rings (SSSR count). The highest BCUT2D eigenvalue weighted by molar-refractivity contribution is 5.50. The monoisotopic (exact) mass is 447 g/mol. The SMILES string of the molecule is N#CC(c1cccc(Oc2ccccc2)c1)C(CCC=O)c1cccc(Oc2ccccc2)c1. The van der Waals surface area contributed by atoms with Crippen LogP contribution in [0.2, 0.25) is 0 Å². The molecule has 0 bridgehead atoms. The van der Waals surface area contributed by atoms with Crippen molar-refractivity contribution in [3.8, 4) is 29.1 Å². The summed E-state index contributed by atoms with van der Waals surface area (Å²) in [6.45, 7) is 0. The van der Waals surface area contributed by atoms with Gasteiger partial charge >= 0.3 is 0 Å². The predicted molar refractivity (Wildman–Crippen MR) is 132 cm³/mol. The van der Waals surface area contributed by atoms with Crippen LogP contribution in [0.3, 0.4) is 0 Å². The van der Waals surface area contributed by atoms with Crippen molar-refractivity contribution in [1.29, 1.82) is 5.26 Å². The molecule has 4 aromatic carbocycles. The minimum atomic E-state index is -0.453. The van der Waals surface area contributed by atoms with E-state index in [4.69, 9.17) is 9.47 Å². The van der Waals surface area contributed by atoms with Crippen molar-refractivity contribution in [3.63, 3.8) is 0 Å². The number of ether oxygens (including phenoxy) is 2. The topological polar surface area (TPSA) is 59.3 Å². The second-order valence-corrected chi connectivity index (χ2v) is 7.93. The molecule has 0 radical (unpaired) electrons. The molecule has 2 atom stereocenters. The van der Waals surface area contributed by atoms with Crippen molar-refractivity contribution in [1.82, 2.24) is 0 Å². The summed E-state index contributed by atoms with van der Waals surface area (Å²) in [5.41, 5.74) is 1.80. The average molecular weight is 448 g/mol. The van der Waals surface area contributed by atoms with E-state index in [0.29, 0.717) is 24.3 Å². The van der Waals surface area contributed by atoms with Gasteiger partial charge in [0.25, 0.3) is 0 Å². The van der Waals surface area contributed by atoms with Crippen molar-refractivity contribution in [2.24, 2.45) is 0 Å². The third-order valence-electron chi connectivity index (χ3n) is 5.60. The van der Waals surface area contributed by atoms with Crippen LogP contribution in [0.5, 0.6) is 23.0 Å². The molecule has 4 aromatic rings. The summed E-state index contributed by atoms with van der Waals surface area (Å²) in [4.78, 5) is 11.2. The fourth-order valence-corrected chi connectivity index (χ4v) is 4.00. The highest BCUT2D eigenvalue weighted by Crippen LogP contribution is 2.39. The molecule has 0 fully saturated rings. The number of benzene rings is 4. The van der Waals surface area contributed by atoms with E-state index in [-0.39, 0.29) is 5.92 Å². The zero-order valence-corrected chi connectivity index (χ0v) is 18.7. The molecule has 0 N–H and O–H groups in total. The van der Waals surface area contributed by atoms with Crippen LogP contribution in [0.15, 0.2) is 109 Å². The van der Waals surface area contributed by atoms with E-state index in [1.54, 1.807) is 0 Å². The molecule has 0 aliphatic rings. The van der Waals surface area contributed by atoms with Gasteiger partial charge in [-0.15, -0.1) is 0 Å². The first kappa shape index (κ1) is 22.8. The Morgan fingerprint density at radius 2 is 1.18 bits per heavy atom. The lowest BCUT2D eigenvalue weighted by Gasteiger charge is -2.23. The summed E-state index contributed by atoms with van der Waals surface area (Å²) in [7, 11) is 0. The van der Waals surface area contributed by atoms with Gasteiger partial charge in [0.1, 0.15) is 29.3 Å². The van der Waals surface area contributed by atoms with Gasteiger partial charge in [-0.05, 0) is 66.1 Å². The summed E-state index contributed by atoms with van der Waals surface area (Å²) in [6.07, 6.45) is 1.83. The maximum absolute atomic E-state index is 11.2. The first-order chi connectivity index (χ1) is 16.8. The fourth-order valence-electron chi connectivity index (χ4n) is 4.00. The van der Waals surface area contributed by atoms with Crippen LogP contribution >= 0.6 is 0 Å². The summed E-state index contributed by atoms with van der Waals surface area (Å²) in [5, 5.41) is 10.2. The van der Waals surface area contributed by atoms with Crippen LogP contribution in [-0.2, 0) is 4.79 Å². The van der Waals surface area contributed by atoms with Crippen molar-refractivity contribution in [2.45, 2.75) is 24.7 Å². The lowest BCUT2D eigenvalue weighted by atomic mass is 9.79. The van der Waals surface area contributed by atoms with Crippen molar-refractivity contribution in [3.05, 3.63) is 120 Å². The van der Waals surface area contributed by atoms with Gasteiger partial charge in [-0.3, -0.25) is 0 Å². The number of aldehydes is 1. The maximum Gasteiger partial charge on any atom is 0.127 e. The molecular weight excluding hydrogens is 422 g/mol. The number of nitriles is 1. The molecular formula is C30H25NO3. The first-order valence-corrected chi connectivity index (χ1v) is 11.3. The van der Waals surface area contributed by atoms with Gasteiger partial charge in [0.2, 0.25) is 0 Å². The predicted octanol–water partition coefficient (Wildman–Crippen LogP) is 7.64. The molecule has 0 saturated carbocycles. The van der Waals surface area contributed by atoms with Gasteiger partial charge < -0.3 is 14.3 Å². The van der Waals surface area contributed by atoms with Crippen LogP contribution in [0, 0.1) is 11.3 Å².